The molecule has 12 heteroatoms. The Kier molecular flexibility index (Phi) is 7.80. The zero-order valence-corrected chi connectivity index (χ0v) is 21.9. The number of carbonyl (C=O) groups is 2. The summed E-state index contributed by atoms with van der Waals surface area (Å²) < 4.78 is 18.2. The number of nitrogens with zero attached hydrogens (tertiary/aromatic N) is 4. The standard InChI is InChI=1S/C23H26ClFN4O4S2/c1-23(2)19(20(30)31)28(8-9-34-23)11-14-6-7-26-12-29(14)22-27-17(18(35-22)21(32)33-3)15-5-4-13(25)10-16(15)24/h4-6,10,12,17-19H,7-9,11H2,1-3H3,(H,30,31)/t17-,18-,19?/m1/s1. The Morgan fingerprint density at radius 2 is 2.14 bits per heavy atom. The number of esters is 1. The largest absolute Gasteiger partial charge is 0.480 e. The summed E-state index contributed by atoms with van der Waals surface area (Å²) in [6.45, 7) is 5.38. The Morgan fingerprint density at radius 3 is 2.83 bits per heavy atom. The molecule has 1 aromatic carbocycles. The van der Waals surface area contributed by atoms with Gasteiger partial charge in [-0.2, -0.15) is 11.8 Å². The smallest absolute Gasteiger partial charge is 0.322 e. The Hall–Kier alpha value is -2.08. The summed E-state index contributed by atoms with van der Waals surface area (Å²) in [7, 11) is 1.31. The second kappa shape index (κ2) is 10.5. The number of hydrogen-bond acceptors (Lipinski definition) is 9. The van der Waals surface area contributed by atoms with Gasteiger partial charge in [0.05, 0.1) is 20.0 Å². The number of hydrogen-bond donors (Lipinski definition) is 1. The van der Waals surface area contributed by atoms with Crippen LogP contribution in [0.1, 0.15) is 25.5 Å². The first kappa shape index (κ1) is 26.0. The third kappa shape index (κ3) is 5.37. The molecule has 3 heterocycles. The van der Waals surface area contributed by atoms with Gasteiger partial charge >= 0.3 is 11.9 Å². The highest BCUT2D eigenvalue weighted by atomic mass is 35.5. The normalized spacial score (nSPS) is 26.3. The van der Waals surface area contributed by atoms with Crippen molar-refractivity contribution in [3.05, 3.63) is 46.4 Å². The Balaban J connectivity index is 1.64. The van der Waals surface area contributed by atoms with Crippen LogP contribution in [0.4, 0.5) is 4.39 Å². The van der Waals surface area contributed by atoms with E-state index < -0.39 is 39.8 Å². The molecular weight excluding hydrogens is 515 g/mol. The van der Waals surface area contributed by atoms with Gasteiger partial charge in [-0.15, -0.1) is 0 Å². The molecule has 0 aromatic heterocycles. The van der Waals surface area contributed by atoms with E-state index in [-0.39, 0.29) is 5.02 Å². The molecule has 8 nitrogen and oxygen atoms in total. The van der Waals surface area contributed by atoms with Gasteiger partial charge in [-0.25, -0.2) is 4.39 Å². The molecule has 0 saturated carbocycles. The molecule has 3 atom stereocenters. The first-order valence-corrected chi connectivity index (χ1v) is 13.2. The van der Waals surface area contributed by atoms with E-state index in [1.807, 2.05) is 24.8 Å². The predicted molar refractivity (Wildman–Crippen MR) is 138 cm³/mol. The number of carboxylic acid groups (broad SMARTS) is 1. The van der Waals surface area contributed by atoms with Crippen LogP contribution in [0.5, 0.6) is 0 Å². The van der Waals surface area contributed by atoms with E-state index in [2.05, 4.69) is 4.99 Å². The van der Waals surface area contributed by atoms with Crippen LogP contribution in [0.2, 0.25) is 5.02 Å². The molecule has 4 rings (SSSR count). The average molecular weight is 541 g/mol. The van der Waals surface area contributed by atoms with Gasteiger partial charge in [0, 0.05) is 34.3 Å². The lowest BCUT2D eigenvalue weighted by Crippen LogP contribution is -2.57. The molecule has 35 heavy (non-hydrogen) atoms. The van der Waals surface area contributed by atoms with Gasteiger partial charge in [0.2, 0.25) is 0 Å². The van der Waals surface area contributed by atoms with Crippen LogP contribution in [-0.2, 0) is 14.3 Å². The minimum atomic E-state index is -0.858. The van der Waals surface area contributed by atoms with Gasteiger partial charge in [-0.1, -0.05) is 29.4 Å². The lowest BCUT2D eigenvalue weighted by Gasteiger charge is -2.44. The topological polar surface area (TPSA) is 94.8 Å². The maximum Gasteiger partial charge on any atom is 0.322 e. The van der Waals surface area contributed by atoms with Crippen molar-refractivity contribution in [2.45, 2.75) is 35.9 Å². The van der Waals surface area contributed by atoms with Crippen molar-refractivity contribution in [2.24, 2.45) is 9.98 Å². The van der Waals surface area contributed by atoms with Gasteiger partial charge in [-0.3, -0.25) is 29.4 Å². The molecule has 0 spiro atoms. The van der Waals surface area contributed by atoms with E-state index in [0.29, 0.717) is 30.4 Å². The SMILES string of the molecule is COC(=O)[C@@H]1SC(N2C=NCC=C2CN2CCSC(C)(C)C2C(=O)O)=N[C@@H]1c1ccc(F)cc1Cl. The first-order valence-electron chi connectivity index (χ1n) is 11.0. The van der Waals surface area contributed by atoms with Crippen LogP contribution in [0, 0.1) is 5.82 Å². The highest BCUT2D eigenvalue weighted by molar-refractivity contribution is 8.15. The zero-order chi connectivity index (χ0) is 25.3. The van der Waals surface area contributed by atoms with Crippen LogP contribution in [-0.4, -0.2) is 86.9 Å². The quantitative estimate of drug-likeness (QED) is 0.565. The second-order valence-electron chi connectivity index (χ2n) is 8.79. The number of thioether (sulfide) groups is 2. The highest BCUT2D eigenvalue weighted by Gasteiger charge is 2.45. The molecule has 0 bridgehead atoms. The Morgan fingerprint density at radius 1 is 1.37 bits per heavy atom. The number of benzene rings is 1. The first-order chi connectivity index (χ1) is 16.6. The highest BCUT2D eigenvalue weighted by Crippen LogP contribution is 2.43. The second-order valence-corrected chi connectivity index (χ2v) is 12.1. The van der Waals surface area contributed by atoms with Crippen molar-refractivity contribution < 1.29 is 23.8 Å². The fraction of sp³-hybridized carbons (Fsp3) is 0.478. The fourth-order valence-corrected chi connectivity index (χ4v) is 7.21. The number of rotatable bonds is 5. The van der Waals surface area contributed by atoms with Crippen molar-refractivity contribution in [3.63, 3.8) is 0 Å². The minimum Gasteiger partial charge on any atom is -0.480 e. The number of ether oxygens (including phenoxy) is 1. The molecule has 1 unspecified atom stereocenters. The van der Waals surface area contributed by atoms with Gasteiger partial charge in [-0.05, 0) is 37.6 Å². The molecule has 0 aliphatic carbocycles. The summed E-state index contributed by atoms with van der Waals surface area (Å²) in [4.78, 5) is 37.6. The molecule has 0 amide bonds. The number of carbonyl (C=O) groups excluding carboxylic acids is 1. The number of amidine groups is 1. The van der Waals surface area contributed by atoms with E-state index >= 15 is 0 Å². The summed E-state index contributed by atoms with van der Waals surface area (Å²) in [5, 5.41) is 9.92. The molecule has 1 aromatic rings. The Bertz CT molecular complexity index is 1110. The van der Waals surface area contributed by atoms with Crippen molar-refractivity contribution >= 4 is 58.6 Å². The van der Waals surface area contributed by atoms with E-state index in [4.69, 9.17) is 21.3 Å². The number of aliphatic imine (C=N–C) groups is 2. The molecule has 1 N–H and O–H groups in total. The van der Waals surface area contributed by atoms with Crippen LogP contribution in [0.15, 0.2) is 40.0 Å². The fourth-order valence-electron chi connectivity index (χ4n) is 4.46. The van der Waals surface area contributed by atoms with Crippen molar-refractivity contribution in [3.8, 4) is 0 Å². The number of carboxylic acids is 1. The third-order valence-electron chi connectivity index (χ3n) is 6.10. The monoisotopic (exact) mass is 540 g/mol. The third-order valence-corrected chi connectivity index (χ3v) is 9.00. The van der Waals surface area contributed by atoms with Crippen LogP contribution in [0.25, 0.3) is 0 Å². The number of methoxy groups -OCH3 is 1. The van der Waals surface area contributed by atoms with Crippen LogP contribution < -0.4 is 0 Å². The zero-order valence-electron chi connectivity index (χ0n) is 19.5. The summed E-state index contributed by atoms with van der Waals surface area (Å²) in [5.74, 6) is -0.988. The van der Waals surface area contributed by atoms with E-state index in [1.54, 1.807) is 23.0 Å². The van der Waals surface area contributed by atoms with Gasteiger partial charge in [0.1, 0.15) is 23.2 Å². The van der Waals surface area contributed by atoms with Crippen molar-refractivity contribution in [1.82, 2.24) is 9.80 Å². The minimum absolute atomic E-state index is 0.176. The predicted octanol–water partition coefficient (Wildman–Crippen LogP) is 3.67. The summed E-state index contributed by atoms with van der Waals surface area (Å²) >= 11 is 9.17. The van der Waals surface area contributed by atoms with Crippen LogP contribution in [0.3, 0.4) is 0 Å². The van der Waals surface area contributed by atoms with E-state index in [1.165, 1.54) is 37.1 Å². The molecule has 1 saturated heterocycles. The Labute approximate surface area is 216 Å². The van der Waals surface area contributed by atoms with Crippen molar-refractivity contribution in [2.75, 3.05) is 32.5 Å². The molecular formula is C23H26ClFN4O4S2. The lowest BCUT2D eigenvalue weighted by atomic mass is 10.0. The average Bonchev–Trinajstić information content (AvgIpc) is 3.23. The molecule has 3 aliphatic rings. The van der Waals surface area contributed by atoms with Crippen molar-refractivity contribution in [1.29, 1.82) is 0 Å². The molecule has 1 fully saturated rings. The summed E-state index contributed by atoms with van der Waals surface area (Å²) in [6, 6.07) is 2.67. The maximum atomic E-state index is 13.6. The molecule has 0 radical (unpaired) electrons. The number of halogens is 2. The van der Waals surface area contributed by atoms with Gasteiger partial charge < -0.3 is 9.84 Å². The number of aliphatic carboxylic acids is 1. The van der Waals surface area contributed by atoms with Crippen LogP contribution >= 0.6 is 35.1 Å². The summed E-state index contributed by atoms with van der Waals surface area (Å²) in [5.41, 5.74) is 1.35. The molecule has 188 valence electrons. The summed E-state index contributed by atoms with van der Waals surface area (Å²) in [6.07, 6.45) is 3.58. The van der Waals surface area contributed by atoms with E-state index in [0.717, 1.165) is 11.4 Å². The van der Waals surface area contributed by atoms with Gasteiger partial charge in [0.25, 0.3) is 0 Å². The molecule has 3 aliphatic heterocycles. The van der Waals surface area contributed by atoms with E-state index in [9.17, 15) is 19.1 Å². The maximum absolute atomic E-state index is 13.6. The van der Waals surface area contributed by atoms with Gasteiger partial charge in [0.15, 0.2) is 5.17 Å². The lowest BCUT2D eigenvalue weighted by molar-refractivity contribution is -0.144.